The lowest BCUT2D eigenvalue weighted by Crippen LogP contribution is -2.66. The van der Waals surface area contributed by atoms with Crippen molar-refractivity contribution in [2.75, 3.05) is 20.3 Å². The minimum absolute atomic E-state index is 0.0549. The van der Waals surface area contributed by atoms with Crippen molar-refractivity contribution in [1.29, 1.82) is 0 Å². The van der Waals surface area contributed by atoms with Gasteiger partial charge < -0.3 is 35.0 Å². The normalized spacial score (nSPS) is 52.5. The molecule has 6 aliphatic rings. The van der Waals surface area contributed by atoms with Crippen molar-refractivity contribution in [3.63, 3.8) is 0 Å². The van der Waals surface area contributed by atoms with Crippen molar-refractivity contribution in [1.82, 2.24) is 5.06 Å². The molecule has 0 aromatic carbocycles. The highest BCUT2D eigenvalue weighted by molar-refractivity contribution is 5.85. The van der Waals surface area contributed by atoms with Crippen LogP contribution in [-0.2, 0) is 19.1 Å². The van der Waals surface area contributed by atoms with Crippen LogP contribution in [0, 0.1) is 34.5 Å². The standard InChI is InChI=1S/C30H47NO9/c1-28-9-6-18(31(38-3)27-26(36)25(35)24(34)22(14-32)40-27)13-17(28)4-5-21-20(28)7-10-29(2)19(8-11-30(21,29)37)16-12-23(33)39-15-16/h12,17-22,24-27,32,34-37H,4-11,13-15H2,1-3H3/t17?,18-,19+,20?,21?,22+,24-,25-,26-,27?,28-,29+,30-/m0/s1. The maximum Gasteiger partial charge on any atom is 0.331 e. The minimum Gasteiger partial charge on any atom is -0.458 e. The number of carbonyl (C=O) groups is 1. The molecule has 0 bridgehead atoms. The first-order valence-corrected chi connectivity index (χ1v) is 15.2. The van der Waals surface area contributed by atoms with E-state index < -0.39 is 42.9 Å². The van der Waals surface area contributed by atoms with Gasteiger partial charge in [0.1, 0.15) is 31.0 Å². The summed E-state index contributed by atoms with van der Waals surface area (Å²) in [5.41, 5.74) is 0.0988. The third-order valence-corrected chi connectivity index (χ3v) is 12.6. The van der Waals surface area contributed by atoms with Gasteiger partial charge in [0.25, 0.3) is 0 Å². The number of fused-ring (bicyclic) bond motifs is 5. The fourth-order valence-electron chi connectivity index (χ4n) is 10.4. The molecule has 40 heavy (non-hydrogen) atoms. The highest BCUT2D eigenvalue weighted by atomic mass is 16.7. The summed E-state index contributed by atoms with van der Waals surface area (Å²) < 4.78 is 11.1. The Morgan fingerprint density at radius 2 is 1.77 bits per heavy atom. The van der Waals surface area contributed by atoms with Crippen LogP contribution in [0.2, 0.25) is 0 Å². The van der Waals surface area contributed by atoms with E-state index in [0.717, 1.165) is 63.4 Å². The maximum atomic E-state index is 12.4. The van der Waals surface area contributed by atoms with Gasteiger partial charge in [0.15, 0.2) is 6.23 Å². The van der Waals surface area contributed by atoms with E-state index in [0.29, 0.717) is 18.4 Å². The van der Waals surface area contributed by atoms with Crippen molar-refractivity contribution in [3.05, 3.63) is 11.6 Å². The van der Waals surface area contributed by atoms with Crippen molar-refractivity contribution in [2.45, 2.75) is 114 Å². The van der Waals surface area contributed by atoms with Gasteiger partial charge in [-0.15, -0.1) is 0 Å². The second kappa shape index (κ2) is 10.3. The fraction of sp³-hybridized carbons (Fsp3) is 0.900. The second-order valence-corrected chi connectivity index (χ2v) is 14.0. The van der Waals surface area contributed by atoms with Crippen LogP contribution in [0.1, 0.15) is 71.6 Å². The number of nitrogens with zero attached hydrogens (tertiary/aromatic N) is 1. The fourth-order valence-corrected chi connectivity index (χ4v) is 10.4. The van der Waals surface area contributed by atoms with Gasteiger partial charge in [0.05, 0.1) is 19.3 Å². The summed E-state index contributed by atoms with van der Waals surface area (Å²) in [6.45, 7) is 4.53. The van der Waals surface area contributed by atoms with Gasteiger partial charge >= 0.3 is 5.97 Å². The molecule has 2 heterocycles. The molecule has 0 aromatic rings. The molecule has 0 amide bonds. The van der Waals surface area contributed by atoms with Gasteiger partial charge in [0, 0.05) is 17.5 Å². The molecule has 2 aliphatic heterocycles. The molecule has 0 radical (unpaired) electrons. The number of aliphatic hydroxyl groups is 5. The van der Waals surface area contributed by atoms with Crippen LogP contribution in [0.4, 0.5) is 0 Å². The summed E-state index contributed by atoms with van der Waals surface area (Å²) in [7, 11) is 1.53. The van der Waals surface area contributed by atoms with E-state index in [1.54, 1.807) is 11.1 Å². The van der Waals surface area contributed by atoms with Gasteiger partial charge in [-0.3, -0.25) is 4.84 Å². The van der Waals surface area contributed by atoms with Crippen LogP contribution in [0.5, 0.6) is 0 Å². The lowest BCUT2D eigenvalue weighted by atomic mass is 9.43. The van der Waals surface area contributed by atoms with Crippen molar-refractivity contribution in [3.8, 4) is 0 Å². The zero-order valence-corrected chi connectivity index (χ0v) is 23.9. The van der Waals surface area contributed by atoms with Crippen LogP contribution < -0.4 is 0 Å². The largest absolute Gasteiger partial charge is 0.458 e. The number of carbonyl (C=O) groups excluding carboxylic acids is 1. The summed E-state index contributed by atoms with van der Waals surface area (Å²) in [5, 5.41) is 55.1. The highest BCUT2D eigenvalue weighted by Crippen LogP contribution is 2.70. The number of esters is 1. The van der Waals surface area contributed by atoms with Gasteiger partial charge in [0.2, 0.25) is 0 Å². The molecule has 0 aromatic heterocycles. The number of hydroxylamine groups is 2. The molecule has 5 fully saturated rings. The number of aliphatic hydroxyl groups excluding tert-OH is 4. The van der Waals surface area contributed by atoms with E-state index in [2.05, 4.69) is 13.8 Å². The molecule has 5 N–H and O–H groups in total. The van der Waals surface area contributed by atoms with Gasteiger partial charge in [-0.25, -0.2) is 4.79 Å². The molecule has 0 spiro atoms. The molecular formula is C30H47NO9. The first-order chi connectivity index (χ1) is 19.0. The second-order valence-electron chi connectivity index (χ2n) is 14.0. The molecule has 226 valence electrons. The van der Waals surface area contributed by atoms with E-state index in [1.807, 2.05) is 0 Å². The number of hydrogen-bond acceptors (Lipinski definition) is 10. The Hall–Kier alpha value is -1.11. The number of cyclic esters (lactones) is 1. The predicted octanol–water partition coefficient (Wildman–Crippen LogP) is 1.28. The van der Waals surface area contributed by atoms with Crippen LogP contribution >= 0.6 is 0 Å². The summed E-state index contributed by atoms with van der Waals surface area (Å²) in [6, 6.07) is -0.0549. The van der Waals surface area contributed by atoms with Crippen molar-refractivity contribution >= 4 is 5.97 Å². The Bertz CT molecular complexity index is 1020. The number of hydrogen-bond donors (Lipinski definition) is 5. The zero-order chi connectivity index (χ0) is 28.6. The van der Waals surface area contributed by atoms with E-state index in [1.165, 1.54) is 7.11 Å². The average Bonchev–Trinajstić information content (AvgIpc) is 3.48. The van der Waals surface area contributed by atoms with E-state index >= 15 is 0 Å². The van der Waals surface area contributed by atoms with Crippen molar-refractivity contribution < 1.29 is 44.6 Å². The van der Waals surface area contributed by atoms with Gasteiger partial charge in [-0.2, -0.15) is 5.06 Å². The Labute approximate surface area is 236 Å². The predicted molar refractivity (Wildman–Crippen MR) is 142 cm³/mol. The number of ether oxygens (including phenoxy) is 2. The topological polar surface area (TPSA) is 149 Å². The zero-order valence-electron chi connectivity index (χ0n) is 23.9. The van der Waals surface area contributed by atoms with Gasteiger partial charge in [-0.05, 0) is 92.4 Å². The third kappa shape index (κ3) is 4.08. The minimum atomic E-state index is -1.45. The van der Waals surface area contributed by atoms with Crippen LogP contribution in [-0.4, -0.2) is 99.2 Å². The summed E-state index contributed by atoms with van der Waals surface area (Å²) >= 11 is 0. The van der Waals surface area contributed by atoms with Gasteiger partial charge in [-0.1, -0.05) is 13.8 Å². The highest BCUT2D eigenvalue weighted by Gasteiger charge is 2.68. The molecule has 4 aliphatic carbocycles. The average molecular weight is 566 g/mol. The smallest absolute Gasteiger partial charge is 0.331 e. The lowest BCUT2D eigenvalue weighted by molar-refractivity contribution is -0.344. The first kappa shape index (κ1) is 29.0. The van der Waals surface area contributed by atoms with Crippen LogP contribution in [0.3, 0.4) is 0 Å². The molecule has 6 rings (SSSR count). The quantitative estimate of drug-likeness (QED) is 0.244. The first-order valence-electron chi connectivity index (χ1n) is 15.2. The van der Waals surface area contributed by atoms with Crippen LogP contribution in [0.25, 0.3) is 0 Å². The monoisotopic (exact) mass is 565 g/mol. The molecular weight excluding hydrogens is 518 g/mol. The van der Waals surface area contributed by atoms with Crippen molar-refractivity contribution in [2.24, 2.45) is 34.5 Å². The Morgan fingerprint density at radius 1 is 1.00 bits per heavy atom. The summed E-state index contributed by atoms with van der Waals surface area (Å²) in [4.78, 5) is 17.6. The third-order valence-electron chi connectivity index (χ3n) is 12.6. The van der Waals surface area contributed by atoms with E-state index in [-0.39, 0.29) is 34.7 Å². The molecule has 1 saturated heterocycles. The molecule has 13 atom stereocenters. The number of rotatable bonds is 5. The lowest BCUT2D eigenvalue weighted by Gasteiger charge is -2.64. The summed E-state index contributed by atoms with van der Waals surface area (Å²) in [6.07, 6.45) is 3.63. The summed E-state index contributed by atoms with van der Waals surface area (Å²) in [5.74, 6) is 0.949. The molecule has 10 nitrogen and oxygen atoms in total. The molecule has 10 heteroatoms. The molecule has 4 unspecified atom stereocenters. The van der Waals surface area contributed by atoms with E-state index in [9.17, 15) is 30.3 Å². The molecule has 4 saturated carbocycles. The Kier molecular flexibility index (Phi) is 7.43. The van der Waals surface area contributed by atoms with Crippen LogP contribution in [0.15, 0.2) is 11.6 Å². The maximum absolute atomic E-state index is 12.4. The Balaban J connectivity index is 1.19. The van der Waals surface area contributed by atoms with E-state index in [4.69, 9.17) is 14.3 Å². The SMILES string of the molecule is CON(C1O[C@H](CO)[C@H](O)[C@H](O)[C@@H]1O)[C@H]1CC[C@@]2(C)C(CCC3C2CC[C@]2(C)[C@@H](C4=CC(=O)OC4)CC[C@]32O)C1. The Morgan fingerprint density at radius 3 is 2.45 bits per heavy atom.